The summed E-state index contributed by atoms with van der Waals surface area (Å²) >= 11 is 3.34. The van der Waals surface area contributed by atoms with Crippen LogP contribution in [0.1, 0.15) is 12.5 Å². The average molecular weight is 327 g/mol. The molecule has 1 atom stereocenters. The summed E-state index contributed by atoms with van der Waals surface area (Å²) in [6, 6.07) is 13.6. The summed E-state index contributed by atoms with van der Waals surface area (Å²) in [5.41, 5.74) is 1.64. The molecule has 2 aromatic carbocycles. The van der Waals surface area contributed by atoms with Gasteiger partial charge in [0.25, 0.3) is 5.92 Å². The van der Waals surface area contributed by atoms with Gasteiger partial charge in [0.15, 0.2) is 0 Å². The third kappa shape index (κ3) is 3.01. The number of halogens is 3. The number of rotatable bonds is 3. The molecule has 0 saturated heterocycles. The monoisotopic (exact) mass is 326 g/mol. The molecule has 1 nitrogen and oxygen atoms in total. The molecule has 0 aliphatic heterocycles. The first-order valence-electron chi connectivity index (χ1n) is 5.83. The van der Waals surface area contributed by atoms with Crippen molar-refractivity contribution in [2.45, 2.75) is 19.0 Å². The van der Waals surface area contributed by atoms with Gasteiger partial charge in [-0.2, -0.15) is 8.78 Å². The quantitative estimate of drug-likeness (QED) is 0.874. The lowest BCUT2D eigenvalue weighted by Gasteiger charge is -2.19. The molecular weight excluding hydrogens is 314 g/mol. The second kappa shape index (κ2) is 5.39. The van der Waals surface area contributed by atoms with E-state index in [0.29, 0.717) is 0 Å². The molecule has 0 fully saturated rings. The summed E-state index contributed by atoms with van der Waals surface area (Å²) in [6.07, 6.45) is -1.70. The molecule has 0 amide bonds. The van der Waals surface area contributed by atoms with E-state index in [4.69, 9.17) is 5.11 Å². The molecule has 2 aromatic rings. The highest BCUT2D eigenvalue weighted by atomic mass is 79.9. The number of hydrogen-bond donors (Lipinski definition) is 1. The minimum absolute atomic E-state index is 0.177. The highest BCUT2D eigenvalue weighted by molar-refractivity contribution is 9.10. The highest BCUT2D eigenvalue weighted by Crippen LogP contribution is 2.33. The van der Waals surface area contributed by atoms with Crippen LogP contribution in [-0.4, -0.2) is 11.2 Å². The van der Waals surface area contributed by atoms with Gasteiger partial charge in [0.05, 0.1) is 0 Å². The lowest BCUT2D eigenvalue weighted by molar-refractivity contribution is -0.106. The van der Waals surface area contributed by atoms with Crippen LogP contribution in [0.2, 0.25) is 0 Å². The third-order valence-electron chi connectivity index (χ3n) is 2.97. The van der Waals surface area contributed by atoms with Gasteiger partial charge >= 0.3 is 0 Å². The first-order valence-corrected chi connectivity index (χ1v) is 6.63. The van der Waals surface area contributed by atoms with Crippen molar-refractivity contribution in [2.75, 3.05) is 0 Å². The van der Waals surface area contributed by atoms with Crippen LogP contribution in [0.5, 0.6) is 0 Å². The van der Waals surface area contributed by atoms with Crippen LogP contribution in [0.4, 0.5) is 8.78 Å². The fraction of sp³-hybridized carbons (Fsp3) is 0.200. The van der Waals surface area contributed by atoms with E-state index in [-0.39, 0.29) is 5.56 Å². The Labute approximate surface area is 119 Å². The van der Waals surface area contributed by atoms with E-state index in [1.54, 1.807) is 12.1 Å². The molecule has 0 saturated carbocycles. The van der Waals surface area contributed by atoms with Crippen molar-refractivity contribution in [3.63, 3.8) is 0 Å². The number of aliphatic hydroxyl groups excluding tert-OH is 1. The summed E-state index contributed by atoms with van der Waals surface area (Å²) in [4.78, 5) is 0. The topological polar surface area (TPSA) is 20.2 Å². The molecule has 0 bridgehead atoms. The maximum Gasteiger partial charge on any atom is 0.298 e. The van der Waals surface area contributed by atoms with Crippen molar-refractivity contribution in [1.82, 2.24) is 0 Å². The molecule has 0 aliphatic carbocycles. The van der Waals surface area contributed by atoms with E-state index in [9.17, 15) is 8.78 Å². The average Bonchev–Trinajstić information content (AvgIpc) is 2.39. The van der Waals surface area contributed by atoms with E-state index in [0.717, 1.165) is 22.5 Å². The van der Waals surface area contributed by atoms with E-state index < -0.39 is 12.0 Å². The van der Waals surface area contributed by atoms with Crippen LogP contribution in [-0.2, 0) is 5.92 Å². The van der Waals surface area contributed by atoms with Gasteiger partial charge in [0.2, 0.25) is 0 Å². The molecular formula is C15H13BrF2O. The van der Waals surface area contributed by atoms with Crippen LogP contribution in [0, 0.1) is 0 Å². The van der Waals surface area contributed by atoms with Crippen molar-refractivity contribution in [3.8, 4) is 11.1 Å². The van der Waals surface area contributed by atoms with Gasteiger partial charge in [0.1, 0.15) is 6.10 Å². The lowest BCUT2D eigenvalue weighted by Crippen LogP contribution is -2.27. The smallest absolute Gasteiger partial charge is 0.298 e. The van der Waals surface area contributed by atoms with Crippen LogP contribution in [0.25, 0.3) is 11.1 Å². The SMILES string of the molecule is CC(O)C(F)(F)c1ccc(-c2ccc(Br)cc2)cc1. The molecule has 1 unspecified atom stereocenters. The zero-order valence-corrected chi connectivity index (χ0v) is 11.9. The van der Waals surface area contributed by atoms with Crippen LogP contribution in [0.15, 0.2) is 53.0 Å². The maximum atomic E-state index is 13.6. The van der Waals surface area contributed by atoms with Gasteiger partial charge in [-0.15, -0.1) is 0 Å². The molecule has 19 heavy (non-hydrogen) atoms. The summed E-state index contributed by atoms with van der Waals surface area (Å²) < 4.78 is 28.2. The summed E-state index contributed by atoms with van der Waals surface area (Å²) in [5.74, 6) is -3.22. The summed E-state index contributed by atoms with van der Waals surface area (Å²) in [7, 11) is 0. The number of alkyl halides is 2. The number of benzene rings is 2. The standard InChI is InChI=1S/C15H13BrF2O/c1-10(19)15(17,18)13-6-2-11(3-7-13)12-4-8-14(16)9-5-12/h2-10,19H,1H3. The van der Waals surface area contributed by atoms with Crippen LogP contribution < -0.4 is 0 Å². The van der Waals surface area contributed by atoms with Crippen molar-refractivity contribution >= 4 is 15.9 Å². The largest absolute Gasteiger partial charge is 0.387 e. The van der Waals surface area contributed by atoms with Crippen molar-refractivity contribution in [3.05, 3.63) is 58.6 Å². The van der Waals surface area contributed by atoms with E-state index >= 15 is 0 Å². The number of aliphatic hydroxyl groups is 1. The molecule has 0 spiro atoms. The van der Waals surface area contributed by atoms with E-state index in [1.165, 1.54) is 12.1 Å². The van der Waals surface area contributed by atoms with Gasteiger partial charge in [-0.1, -0.05) is 52.3 Å². The predicted octanol–water partition coefficient (Wildman–Crippen LogP) is 4.59. The molecule has 0 aromatic heterocycles. The second-order valence-electron chi connectivity index (χ2n) is 4.38. The van der Waals surface area contributed by atoms with Crippen molar-refractivity contribution in [1.29, 1.82) is 0 Å². The lowest BCUT2D eigenvalue weighted by atomic mass is 9.99. The Kier molecular flexibility index (Phi) is 4.02. The first kappa shape index (κ1) is 14.2. The van der Waals surface area contributed by atoms with Gasteiger partial charge in [0, 0.05) is 10.0 Å². The molecule has 4 heteroatoms. The minimum atomic E-state index is -3.22. The van der Waals surface area contributed by atoms with Crippen molar-refractivity contribution in [2.24, 2.45) is 0 Å². The van der Waals surface area contributed by atoms with Gasteiger partial charge in [-0.05, 0) is 30.2 Å². The van der Waals surface area contributed by atoms with E-state index in [1.807, 2.05) is 24.3 Å². The third-order valence-corrected chi connectivity index (χ3v) is 3.50. The number of hydrogen-bond acceptors (Lipinski definition) is 1. The fourth-order valence-electron chi connectivity index (χ4n) is 1.77. The molecule has 100 valence electrons. The van der Waals surface area contributed by atoms with Crippen molar-refractivity contribution < 1.29 is 13.9 Å². The van der Waals surface area contributed by atoms with Gasteiger partial charge in [-0.3, -0.25) is 0 Å². The van der Waals surface area contributed by atoms with E-state index in [2.05, 4.69) is 15.9 Å². The zero-order valence-electron chi connectivity index (χ0n) is 10.3. The first-order chi connectivity index (χ1) is 8.91. The fourth-order valence-corrected chi connectivity index (χ4v) is 2.03. The van der Waals surface area contributed by atoms with Gasteiger partial charge < -0.3 is 5.11 Å². The second-order valence-corrected chi connectivity index (χ2v) is 5.30. The zero-order chi connectivity index (χ0) is 14.0. The maximum absolute atomic E-state index is 13.6. The molecule has 0 heterocycles. The molecule has 0 aliphatic rings. The Morgan fingerprint density at radius 3 is 1.79 bits per heavy atom. The normalized spacial score (nSPS) is 13.3. The van der Waals surface area contributed by atoms with Crippen LogP contribution in [0.3, 0.4) is 0 Å². The Morgan fingerprint density at radius 2 is 1.37 bits per heavy atom. The Morgan fingerprint density at radius 1 is 0.947 bits per heavy atom. The Bertz CT molecular complexity index is 547. The predicted molar refractivity (Wildman–Crippen MR) is 75.2 cm³/mol. The summed E-state index contributed by atoms with van der Waals surface area (Å²) in [5, 5.41) is 9.10. The Balaban J connectivity index is 2.31. The van der Waals surface area contributed by atoms with Gasteiger partial charge in [-0.25, -0.2) is 0 Å². The molecule has 2 rings (SSSR count). The summed E-state index contributed by atoms with van der Waals surface area (Å²) in [6.45, 7) is 1.09. The minimum Gasteiger partial charge on any atom is -0.387 e. The Hall–Kier alpha value is -1.26. The molecule has 1 N–H and O–H groups in total. The molecule has 0 radical (unpaired) electrons. The van der Waals surface area contributed by atoms with Crippen LogP contribution >= 0.6 is 15.9 Å². The highest BCUT2D eigenvalue weighted by Gasteiger charge is 2.37.